The van der Waals surface area contributed by atoms with E-state index in [4.69, 9.17) is 5.14 Å². The smallest absolute Gasteiger partial charge is 0.253 e. The molecule has 2 rings (SSSR count). The zero-order valence-electron chi connectivity index (χ0n) is 13.9. The summed E-state index contributed by atoms with van der Waals surface area (Å²) in [5, 5.41) is 7.63. The molecular weight excluding hydrogens is 342 g/mol. The van der Waals surface area contributed by atoms with E-state index in [0.717, 1.165) is 5.56 Å². The summed E-state index contributed by atoms with van der Waals surface area (Å²) >= 11 is 0. The molecule has 0 aromatic heterocycles. The Labute approximate surface area is 146 Å². The van der Waals surface area contributed by atoms with Crippen LogP contribution < -0.4 is 10.5 Å². The first-order chi connectivity index (χ1) is 11.7. The maximum absolute atomic E-state index is 12.5. The fourth-order valence-electron chi connectivity index (χ4n) is 2.28. The molecule has 3 N–H and O–H groups in total. The second-order valence-electron chi connectivity index (χ2n) is 5.51. The molecule has 0 bridgehead atoms. The van der Waals surface area contributed by atoms with E-state index < -0.39 is 10.0 Å². The fraction of sp³-hybridized carbons (Fsp3) is 0.176. The third kappa shape index (κ3) is 4.65. The number of nitrogens with one attached hydrogen (secondary N) is 1. The highest BCUT2D eigenvalue weighted by atomic mass is 32.2. The zero-order valence-corrected chi connectivity index (χ0v) is 14.7. The summed E-state index contributed by atoms with van der Waals surface area (Å²) in [5.41, 5.74) is 1.60. The van der Waals surface area contributed by atoms with Crippen molar-refractivity contribution >= 4 is 21.8 Å². The average molecular weight is 361 g/mol. The van der Waals surface area contributed by atoms with Gasteiger partial charge in [-0.2, -0.15) is 0 Å². The molecule has 0 saturated heterocycles. The van der Waals surface area contributed by atoms with Crippen LogP contribution in [-0.2, 0) is 16.6 Å². The quantitative estimate of drug-likeness (QED) is 0.827. The Morgan fingerprint density at radius 2 is 1.72 bits per heavy atom. The number of nitrogens with two attached hydrogens (primary N) is 1. The van der Waals surface area contributed by atoms with Gasteiger partial charge in [0.25, 0.3) is 11.8 Å². The molecule has 0 saturated carbocycles. The maximum Gasteiger partial charge on any atom is 0.253 e. The van der Waals surface area contributed by atoms with Crippen LogP contribution in [0.25, 0.3) is 0 Å². The van der Waals surface area contributed by atoms with Crippen molar-refractivity contribution in [2.45, 2.75) is 11.4 Å². The zero-order chi connectivity index (χ0) is 18.6. The fourth-order valence-corrected chi connectivity index (χ4v) is 2.84. The van der Waals surface area contributed by atoms with Crippen LogP contribution in [0.2, 0.25) is 0 Å². The number of hydrogen-bond acceptors (Lipinski definition) is 4. The van der Waals surface area contributed by atoms with Crippen molar-refractivity contribution in [3.8, 4) is 0 Å². The van der Waals surface area contributed by atoms with Crippen molar-refractivity contribution in [3.63, 3.8) is 0 Å². The lowest BCUT2D eigenvalue weighted by atomic mass is 10.1. The van der Waals surface area contributed by atoms with Crippen molar-refractivity contribution in [3.05, 3.63) is 65.2 Å². The minimum absolute atomic E-state index is 0.110. The Balaban J connectivity index is 2.14. The number of carbonyl (C=O) groups is 2. The molecular formula is C17H19N3O4S. The number of amides is 2. The number of sulfonamides is 1. The van der Waals surface area contributed by atoms with E-state index in [1.165, 1.54) is 29.2 Å². The van der Waals surface area contributed by atoms with Gasteiger partial charge in [-0.05, 0) is 35.9 Å². The van der Waals surface area contributed by atoms with E-state index in [1.807, 2.05) is 0 Å². The first-order valence-electron chi connectivity index (χ1n) is 7.41. The standard InChI is InChI=1S/C17H19N3O4S/c1-19-16(21)13-8-6-12(7-9-13)11-20(2)17(22)14-4-3-5-15(10-14)25(18,23)24/h3-10H,11H2,1-2H3,(H,19,21)(H2,18,23,24). The van der Waals surface area contributed by atoms with E-state index in [0.29, 0.717) is 12.1 Å². The van der Waals surface area contributed by atoms with Crippen LogP contribution >= 0.6 is 0 Å². The molecule has 0 unspecified atom stereocenters. The van der Waals surface area contributed by atoms with Gasteiger partial charge in [0.15, 0.2) is 0 Å². The number of benzene rings is 2. The summed E-state index contributed by atoms with van der Waals surface area (Å²) in [7, 11) is -0.704. The largest absolute Gasteiger partial charge is 0.355 e. The first-order valence-corrected chi connectivity index (χ1v) is 8.96. The van der Waals surface area contributed by atoms with Gasteiger partial charge < -0.3 is 10.2 Å². The van der Waals surface area contributed by atoms with E-state index in [9.17, 15) is 18.0 Å². The monoisotopic (exact) mass is 361 g/mol. The van der Waals surface area contributed by atoms with Crippen LogP contribution in [0.5, 0.6) is 0 Å². The highest BCUT2D eigenvalue weighted by Crippen LogP contribution is 2.13. The third-order valence-electron chi connectivity index (χ3n) is 3.62. The molecule has 2 aromatic rings. The number of rotatable bonds is 5. The van der Waals surface area contributed by atoms with Gasteiger partial charge in [0.05, 0.1) is 4.90 Å². The average Bonchev–Trinajstić information content (AvgIpc) is 2.60. The number of nitrogens with zero attached hydrogens (tertiary/aromatic N) is 1. The number of carbonyl (C=O) groups excluding carboxylic acids is 2. The molecule has 2 aromatic carbocycles. The van der Waals surface area contributed by atoms with Crippen molar-refractivity contribution in [1.29, 1.82) is 0 Å². The van der Waals surface area contributed by atoms with Gasteiger partial charge in [-0.25, -0.2) is 13.6 Å². The number of primary sulfonamides is 1. The van der Waals surface area contributed by atoms with Crippen LogP contribution in [0.1, 0.15) is 26.3 Å². The van der Waals surface area contributed by atoms with Crippen LogP contribution in [0.3, 0.4) is 0 Å². The molecule has 0 aliphatic carbocycles. The maximum atomic E-state index is 12.5. The van der Waals surface area contributed by atoms with Crippen LogP contribution in [0, 0.1) is 0 Å². The predicted octanol–water partition coefficient (Wildman–Crippen LogP) is 0.966. The highest BCUT2D eigenvalue weighted by molar-refractivity contribution is 7.89. The Kier molecular flexibility index (Phi) is 5.55. The Hall–Kier alpha value is -2.71. The normalized spacial score (nSPS) is 11.0. The molecule has 0 aliphatic rings. The van der Waals surface area contributed by atoms with E-state index in [2.05, 4.69) is 5.32 Å². The van der Waals surface area contributed by atoms with Gasteiger partial charge in [-0.15, -0.1) is 0 Å². The van der Waals surface area contributed by atoms with Gasteiger partial charge in [-0.3, -0.25) is 9.59 Å². The first kappa shape index (κ1) is 18.6. The lowest BCUT2D eigenvalue weighted by molar-refractivity contribution is 0.0784. The topological polar surface area (TPSA) is 110 Å². The third-order valence-corrected chi connectivity index (χ3v) is 4.53. The second kappa shape index (κ2) is 7.45. The van der Waals surface area contributed by atoms with Crippen molar-refractivity contribution in [2.24, 2.45) is 5.14 Å². The lowest BCUT2D eigenvalue weighted by Crippen LogP contribution is -2.26. The van der Waals surface area contributed by atoms with Gasteiger partial charge in [0.1, 0.15) is 0 Å². The molecule has 0 spiro atoms. The van der Waals surface area contributed by atoms with Crippen LogP contribution in [0.4, 0.5) is 0 Å². The molecule has 8 heteroatoms. The Morgan fingerprint density at radius 3 is 2.28 bits per heavy atom. The Bertz CT molecular complexity index is 892. The van der Waals surface area contributed by atoms with Gasteiger partial charge in [0.2, 0.25) is 10.0 Å². The second-order valence-corrected chi connectivity index (χ2v) is 7.07. The molecule has 7 nitrogen and oxygen atoms in total. The van der Waals surface area contributed by atoms with E-state index >= 15 is 0 Å². The van der Waals surface area contributed by atoms with E-state index in [-0.39, 0.29) is 22.3 Å². The molecule has 0 aliphatic heterocycles. The molecule has 132 valence electrons. The van der Waals surface area contributed by atoms with E-state index in [1.54, 1.807) is 38.4 Å². The lowest BCUT2D eigenvalue weighted by Gasteiger charge is -2.18. The Morgan fingerprint density at radius 1 is 1.08 bits per heavy atom. The summed E-state index contributed by atoms with van der Waals surface area (Å²) < 4.78 is 22.8. The summed E-state index contributed by atoms with van der Waals surface area (Å²) in [6, 6.07) is 12.5. The van der Waals surface area contributed by atoms with Crippen molar-refractivity contribution in [1.82, 2.24) is 10.2 Å². The van der Waals surface area contributed by atoms with Crippen molar-refractivity contribution in [2.75, 3.05) is 14.1 Å². The summed E-state index contributed by atoms with van der Waals surface area (Å²) in [6.07, 6.45) is 0. The molecule has 2 amide bonds. The SMILES string of the molecule is CNC(=O)c1ccc(CN(C)C(=O)c2cccc(S(N)(=O)=O)c2)cc1. The van der Waals surface area contributed by atoms with Gasteiger partial charge in [-0.1, -0.05) is 18.2 Å². The molecule has 0 heterocycles. The minimum Gasteiger partial charge on any atom is -0.355 e. The molecule has 0 radical (unpaired) electrons. The predicted molar refractivity (Wildman–Crippen MR) is 93.4 cm³/mol. The molecule has 0 atom stereocenters. The van der Waals surface area contributed by atoms with Crippen molar-refractivity contribution < 1.29 is 18.0 Å². The van der Waals surface area contributed by atoms with Gasteiger partial charge in [0, 0.05) is 31.8 Å². The minimum atomic E-state index is -3.87. The highest BCUT2D eigenvalue weighted by Gasteiger charge is 2.15. The summed E-state index contributed by atoms with van der Waals surface area (Å²) in [5.74, 6) is -0.517. The molecule has 25 heavy (non-hydrogen) atoms. The van der Waals surface area contributed by atoms with Crippen LogP contribution in [-0.4, -0.2) is 39.2 Å². The van der Waals surface area contributed by atoms with Crippen LogP contribution in [0.15, 0.2) is 53.4 Å². The summed E-state index contributed by atoms with van der Waals surface area (Å²) in [6.45, 7) is 0.312. The molecule has 0 fully saturated rings. The van der Waals surface area contributed by atoms with Gasteiger partial charge >= 0.3 is 0 Å². The number of hydrogen-bond donors (Lipinski definition) is 2. The summed E-state index contributed by atoms with van der Waals surface area (Å²) in [4.78, 5) is 25.3.